The minimum absolute atomic E-state index is 0.104. The third-order valence-corrected chi connectivity index (χ3v) is 5.26. The Morgan fingerprint density at radius 2 is 1.64 bits per heavy atom. The number of rotatable bonds is 3. The topological polar surface area (TPSA) is 49.3 Å². The molecule has 0 unspecified atom stereocenters. The summed E-state index contributed by atoms with van der Waals surface area (Å²) in [5.41, 5.74) is 1.75. The van der Waals surface area contributed by atoms with Crippen molar-refractivity contribution in [2.45, 2.75) is 26.7 Å². The van der Waals surface area contributed by atoms with Crippen molar-refractivity contribution in [2.75, 3.05) is 31.1 Å². The van der Waals surface area contributed by atoms with Crippen LogP contribution in [0.3, 0.4) is 0 Å². The Kier molecular flexibility index (Phi) is 4.99. The SMILES string of the molecule is Cc1cc(N2CCN(C(=O)c3ccc4ccccc4c3)CC2)nc(C(C)C)n1. The number of hydrogen-bond donors (Lipinski definition) is 0. The summed E-state index contributed by atoms with van der Waals surface area (Å²) < 4.78 is 0. The van der Waals surface area contributed by atoms with Crippen LogP contribution in [0.25, 0.3) is 10.8 Å². The molecule has 1 amide bonds. The lowest BCUT2D eigenvalue weighted by molar-refractivity contribution is 0.0746. The van der Waals surface area contributed by atoms with Crippen LogP contribution < -0.4 is 4.90 Å². The zero-order valence-corrected chi connectivity index (χ0v) is 16.7. The van der Waals surface area contributed by atoms with E-state index >= 15 is 0 Å². The lowest BCUT2D eigenvalue weighted by atomic mass is 10.1. The van der Waals surface area contributed by atoms with Gasteiger partial charge in [0, 0.05) is 49.4 Å². The summed E-state index contributed by atoms with van der Waals surface area (Å²) >= 11 is 0. The number of hydrogen-bond acceptors (Lipinski definition) is 4. The van der Waals surface area contributed by atoms with Crippen molar-refractivity contribution in [1.29, 1.82) is 0 Å². The number of anilines is 1. The average Bonchev–Trinajstić information content (AvgIpc) is 2.72. The van der Waals surface area contributed by atoms with E-state index < -0.39 is 0 Å². The normalized spacial score (nSPS) is 14.7. The fourth-order valence-electron chi connectivity index (χ4n) is 3.64. The third-order valence-electron chi connectivity index (χ3n) is 5.26. The number of aryl methyl sites for hydroxylation is 1. The highest BCUT2D eigenvalue weighted by atomic mass is 16.2. The molecular weight excluding hydrogens is 348 g/mol. The lowest BCUT2D eigenvalue weighted by Crippen LogP contribution is -2.49. The van der Waals surface area contributed by atoms with Gasteiger partial charge in [-0.2, -0.15) is 0 Å². The highest BCUT2D eigenvalue weighted by Gasteiger charge is 2.23. The van der Waals surface area contributed by atoms with Gasteiger partial charge >= 0.3 is 0 Å². The molecule has 0 atom stereocenters. The summed E-state index contributed by atoms with van der Waals surface area (Å²) in [5.74, 6) is 2.25. The summed E-state index contributed by atoms with van der Waals surface area (Å²) in [7, 11) is 0. The van der Waals surface area contributed by atoms with Gasteiger partial charge in [0.2, 0.25) is 0 Å². The first kappa shape index (κ1) is 18.4. The molecule has 1 fully saturated rings. The number of fused-ring (bicyclic) bond motifs is 1. The van der Waals surface area contributed by atoms with Gasteiger partial charge < -0.3 is 9.80 Å². The van der Waals surface area contributed by atoms with Crippen LogP contribution in [0.1, 0.15) is 41.6 Å². The Balaban J connectivity index is 1.47. The number of benzene rings is 2. The maximum Gasteiger partial charge on any atom is 0.253 e. The summed E-state index contributed by atoms with van der Waals surface area (Å²) in [5, 5.41) is 2.26. The van der Waals surface area contributed by atoms with Gasteiger partial charge in [-0.05, 0) is 29.8 Å². The summed E-state index contributed by atoms with van der Waals surface area (Å²) in [6.07, 6.45) is 0. The van der Waals surface area contributed by atoms with Crippen molar-refractivity contribution in [3.05, 3.63) is 65.6 Å². The Bertz CT molecular complexity index is 1010. The standard InChI is InChI=1S/C23H26N4O/c1-16(2)22-24-17(3)14-21(25-22)26-10-12-27(13-11-26)23(28)20-9-8-18-6-4-5-7-19(18)15-20/h4-9,14-16H,10-13H2,1-3H3. The van der Waals surface area contributed by atoms with Gasteiger partial charge in [0.25, 0.3) is 5.91 Å². The first-order valence-electron chi connectivity index (χ1n) is 9.90. The van der Waals surface area contributed by atoms with Crippen molar-refractivity contribution in [1.82, 2.24) is 14.9 Å². The van der Waals surface area contributed by atoms with Crippen LogP contribution in [-0.2, 0) is 0 Å². The third kappa shape index (κ3) is 3.70. The molecule has 2 aromatic carbocycles. The van der Waals surface area contributed by atoms with E-state index in [4.69, 9.17) is 4.98 Å². The van der Waals surface area contributed by atoms with Gasteiger partial charge in [-0.3, -0.25) is 4.79 Å². The number of carbonyl (C=O) groups is 1. The molecule has 0 N–H and O–H groups in total. The molecule has 28 heavy (non-hydrogen) atoms. The van der Waals surface area contributed by atoms with Crippen molar-refractivity contribution in [2.24, 2.45) is 0 Å². The van der Waals surface area contributed by atoms with Gasteiger partial charge in [0.05, 0.1) is 0 Å². The number of nitrogens with zero attached hydrogens (tertiary/aromatic N) is 4. The van der Waals surface area contributed by atoms with Crippen molar-refractivity contribution < 1.29 is 4.79 Å². The van der Waals surface area contributed by atoms with Crippen LogP contribution >= 0.6 is 0 Å². The van der Waals surface area contributed by atoms with Crippen molar-refractivity contribution in [3.63, 3.8) is 0 Å². The maximum absolute atomic E-state index is 13.0. The fraction of sp³-hybridized carbons (Fsp3) is 0.348. The molecule has 4 rings (SSSR count). The van der Waals surface area contributed by atoms with Gasteiger partial charge in [-0.15, -0.1) is 0 Å². The second-order valence-corrected chi connectivity index (χ2v) is 7.72. The van der Waals surface area contributed by atoms with E-state index in [1.54, 1.807) is 0 Å². The van der Waals surface area contributed by atoms with Crippen LogP contribution in [0, 0.1) is 6.92 Å². The molecule has 1 aliphatic heterocycles. The molecule has 3 aromatic rings. The minimum Gasteiger partial charge on any atom is -0.353 e. The van der Waals surface area contributed by atoms with Gasteiger partial charge in [-0.1, -0.05) is 44.2 Å². The van der Waals surface area contributed by atoms with Crippen LogP contribution in [0.4, 0.5) is 5.82 Å². The highest BCUT2D eigenvalue weighted by molar-refractivity contribution is 5.98. The van der Waals surface area contributed by atoms with E-state index in [1.165, 1.54) is 0 Å². The van der Waals surface area contributed by atoms with Crippen molar-refractivity contribution >= 4 is 22.5 Å². The van der Waals surface area contributed by atoms with E-state index in [9.17, 15) is 4.79 Å². The van der Waals surface area contributed by atoms with E-state index in [-0.39, 0.29) is 5.91 Å². The largest absolute Gasteiger partial charge is 0.353 e. The summed E-state index contributed by atoms with van der Waals surface area (Å²) in [6, 6.07) is 16.1. The smallest absolute Gasteiger partial charge is 0.253 e. The number of piperazine rings is 1. The fourth-order valence-corrected chi connectivity index (χ4v) is 3.64. The number of aromatic nitrogens is 2. The first-order chi connectivity index (χ1) is 13.5. The Labute approximate surface area is 166 Å². The number of carbonyl (C=O) groups excluding carboxylic acids is 1. The average molecular weight is 374 g/mol. The molecule has 0 radical (unpaired) electrons. The van der Waals surface area contributed by atoms with Crippen LogP contribution in [0.15, 0.2) is 48.5 Å². The molecule has 0 bridgehead atoms. The van der Waals surface area contributed by atoms with Crippen LogP contribution in [0.5, 0.6) is 0 Å². The molecule has 0 saturated carbocycles. The second-order valence-electron chi connectivity index (χ2n) is 7.72. The molecule has 144 valence electrons. The quantitative estimate of drug-likeness (QED) is 0.695. The molecular formula is C23H26N4O. The van der Waals surface area contributed by atoms with E-state index in [0.29, 0.717) is 19.0 Å². The molecule has 2 heterocycles. The predicted molar refractivity (Wildman–Crippen MR) is 113 cm³/mol. The highest BCUT2D eigenvalue weighted by Crippen LogP contribution is 2.21. The minimum atomic E-state index is 0.104. The molecule has 5 heteroatoms. The molecule has 1 saturated heterocycles. The number of amides is 1. The zero-order valence-electron chi connectivity index (χ0n) is 16.7. The molecule has 1 aromatic heterocycles. The Morgan fingerprint density at radius 3 is 2.36 bits per heavy atom. The monoisotopic (exact) mass is 374 g/mol. The zero-order chi connectivity index (χ0) is 19.7. The maximum atomic E-state index is 13.0. The summed E-state index contributed by atoms with van der Waals surface area (Å²) in [4.78, 5) is 26.4. The molecule has 5 nitrogen and oxygen atoms in total. The van der Waals surface area contributed by atoms with Gasteiger partial charge in [-0.25, -0.2) is 9.97 Å². The van der Waals surface area contributed by atoms with E-state index in [1.807, 2.05) is 54.3 Å². The molecule has 1 aliphatic rings. The molecule has 0 spiro atoms. The van der Waals surface area contributed by atoms with Crippen LogP contribution in [0.2, 0.25) is 0 Å². The van der Waals surface area contributed by atoms with Gasteiger partial charge in [0.1, 0.15) is 11.6 Å². The van der Waals surface area contributed by atoms with E-state index in [0.717, 1.165) is 46.8 Å². The van der Waals surface area contributed by atoms with E-state index in [2.05, 4.69) is 29.8 Å². The first-order valence-corrected chi connectivity index (χ1v) is 9.90. The van der Waals surface area contributed by atoms with Crippen molar-refractivity contribution in [3.8, 4) is 0 Å². The predicted octanol–water partition coefficient (Wildman–Crippen LogP) is 4.02. The van der Waals surface area contributed by atoms with Crippen LogP contribution in [-0.4, -0.2) is 47.0 Å². The Morgan fingerprint density at radius 1 is 0.929 bits per heavy atom. The molecule has 0 aliphatic carbocycles. The van der Waals surface area contributed by atoms with Gasteiger partial charge in [0.15, 0.2) is 0 Å². The summed E-state index contributed by atoms with van der Waals surface area (Å²) in [6.45, 7) is 9.20. The Hall–Kier alpha value is -2.95. The lowest BCUT2D eigenvalue weighted by Gasteiger charge is -2.35. The second kappa shape index (κ2) is 7.58.